The van der Waals surface area contributed by atoms with Crippen molar-refractivity contribution < 1.29 is 23.7 Å². The van der Waals surface area contributed by atoms with Crippen LogP contribution in [0.15, 0.2) is 60.7 Å². The van der Waals surface area contributed by atoms with Gasteiger partial charge in [-0.25, -0.2) is 4.79 Å². The van der Waals surface area contributed by atoms with Gasteiger partial charge in [0.2, 0.25) is 0 Å². The summed E-state index contributed by atoms with van der Waals surface area (Å²) in [5.74, 6) is 0.492. The standard InChI is InChI=1S/C19H22O5/c20-19(17-7-3-1-4-8-17)24-16-14-22-12-11-21-13-15-23-18-9-5-2-6-10-18/h1-10H,11-16H2. The van der Waals surface area contributed by atoms with Gasteiger partial charge in [0.1, 0.15) is 19.0 Å². The number of para-hydroxylation sites is 1. The van der Waals surface area contributed by atoms with E-state index in [0.717, 1.165) is 5.75 Å². The molecule has 128 valence electrons. The first-order valence-electron chi connectivity index (χ1n) is 7.92. The van der Waals surface area contributed by atoms with Crippen LogP contribution in [0.25, 0.3) is 0 Å². The minimum absolute atomic E-state index is 0.227. The van der Waals surface area contributed by atoms with E-state index in [1.807, 2.05) is 36.4 Å². The molecule has 0 unspecified atom stereocenters. The molecule has 0 radical (unpaired) electrons. The number of rotatable bonds is 11. The summed E-state index contributed by atoms with van der Waals surface area (Å²) in [7, 11) is 0. The quantitative estimate of drug-likeness (QED) is 0.468. The van der Waals surface area contributed by atoms with Crippen molar-refractivity contribution >= 4 is 5.97 Å². The van der Waals surface area contributed by atoms with Gasteiger partial charge in [0.05, 0.1) is 32.0 Å². The van der Waals surface area contributed by atoms with E-state index in [-0.39, 0.29) is 12.6 Å². The molecule has 5 heteroatoms. The molecule has 0 aliphatic rings. The lowest BCUT2D eigenvalue weighted by Crippen LogP contribution is -2.14. The normalized spacial score (nSPS) is 10.3. The van der Waals surface area contributed by atoms with Crippen LogP contribution in [0, 0.1) is 0 Å². The molecule has 0 spiro atoms. The second-order valence-corrected chi connectivity index (χ2v) is 4.89. The fourth-order valence-electron chi connectivity index (χ4n) is 1.91. The Labute approximate surface area is 142 Å². The molecule has 5 nitrogen and oxygen atoms in total. The maximum absolute atomic E-state index is 11.7. The maximum atomic E-state index is 11.7. The summed E-state index contributed by atoms with van der Waals surface area (Å²) in [5.41, 5.74) is 0.541. The SMILES string of the molecule is O=C(OCCOCCOCCOc1ccccc1)c1ccccc1. The third kappa shape index (κ3) is 7.26. The first-order chi connectivity index (χ1) is 11.9. The lowest BCUT2D eigenvalue weighted by Gasteiger charge is -2.08. The average molecular weight is 330 g/mol. The molecule has 2 rings (SSSR count). The van der Waals surface area contributed by atoms with E-state index < -0.39 is 0 Å². The average Bonchev–Trinajstić information content (AvgIpc) is 2.64. The molecule has 0 atom stereocenters. The predicted octanol–water partition coefficient (Wildman–Crippen LogP) is 2.96. The predicted molar refractivity (Wildman–Crippen MR) is 90.3 cm³/mol. The summed E-state index contributed by atoms with van der Waals surface area (Å²) in [6, 6.07) is 18.5. The van der Waals surface area contributed by atoms with Gasteiger partial charge in [0.15, 0.2) is 0 Å². The molecular weight excluding hydrogens is 308 g/mol. The summed E-state index contributed by atoms with van der Waals surface area (Å²) in [5, 5.41) is 0. The highest BCUT2D eigenvalue weighted by molar-refractivity contribution is 5.89. The van der Waals surface area contributed by atoms with Crippen LogP contribution in [-0.2, 0) is 14.2 Å². The molecule has 0 bridgehead atoms. The van der Waals surface area contributed by atoms with Crippen molar-refractivity contribution in [3.05, 3.63) is 66.2 Å². The molecule has 24 heavy (non-hydrogen) atoms. The smallest absolute Gasteiger partial charge is 0.338 e. The number of esters is 1. The lowest BCUT2D eigenvalue weighted by molar-refractivity contribution is 0.0106. The van der Waals surface area contributed by atoms with Crippen molar-refractivity contribution in [3.63, 3.8) is 0 Å². The van der Waals surface area contributed by atoms with Crippen molar-refractivity contribution in [2.24, 2.45) is 0 Å². The molecule has 0 aliphatic heterocycles. The van der Waals surface area contributed by atoms with Crippen molar-refractivity contribution in [2.45, 2.75) is 0 Å². The van der Waals surface area contributed by atoms with Gasteiger partial charge in [-0.2, -0.15) is 0 Å². The Morgan fingerprint density at radius 2 is 1.21 bits per heavy atom. The van der Waals surface area contributed by atoms with Gasteiger partial charge in [-0.1, -0.05) is 36.4 Å². The van der Waals surface area contributed by atoms with Gasteiger partial charge in [-0.15, -0.1) is 0 Å². The molecule has 0 saturated carbocycles. The van der Waals surface area contributed by atoms with Crippen LogP contribution < -0.4 is 4.74 Å². The minimum Gasteiger partial charge on any atom is -0.491 e. The van der Waals surface area contributed by atoms with E-state index in [0.29, 0.717) is 38.6 Å². The Morgan fingerprint density at radius 3 is 1.88 bits per heavy atom. The van der Waals surface area contributed by atoms with Crippen LogP contribution in [0.5, 0.6) is 5.75 Å². The van der Waals surface area contributed by atoms with E-state index in [1.54, 1.807) is 24.3 Å². The van der Waals surface area contributed by atoms with E-state index >= 15 is 0 Å². The summed E-state index contributed by atoms with van der Waals surface area (Å²) < 4.78 is 21.3. The fraction of sp³-hybridized carbons (Fsp3) is 0.316. The number of carbonyl (C=O) groups excluding carboxylic acids is 1. The summed E-state index contributed by atoms with van der Waals surface area (Å²) in [6.45, 7) is 2.51. The molecule has 0 N–H and O–H groups in total. The summed E-state index contributed by atoms with van der Waals surface area (Å²) in [6.07, 6.45) is 0. The van der Waals surface area contributed by atoms with Crippen LogP contribution in [0.2, 0.25) is 0 Å². The van der Waals surface area contributed by atoms with Gasteiger partial charge < -0.3 is 18.9 Å². The zero-order valence-corrected chi connectivity index (χ0v) is 13.6. The first-order valence-corrected chi connectivity index (χ1v) is 7.92. The monoisotopic (exact) mass is 330 g/mol. The van der Waals surface area contributed by atoms with Gasteiger partial charge in [0.25, 0.3) is 0 Å². The number of benzene rings is 2. The third-order valence-corrected chi connectivity index (χ3v) is 3.08. The number of carbonyl (C=O) groups is 1. The Hall–Kier alpha value is -2.37. The Kier molecular flexibility index (Phi) is 8.40. The molecule has 0 aliphatic carbocycles. The van der Waals surface area contributed by atoms with E-state index in [2.05, 4.69) is 0 Å². The number of hydrogen-bond acceptors (Lipinski definition) is 5. The molecule has 0 saturated heterocycles. The number of ether oxygens (including phenoxy) is 4. The molecule has 2 aromatic rings. The van der Waals surface area contributed by atoms with Crippen LogP contribution in [-0.4, -0.2) is 45.6 Å². The van der Waals surface area contributed by atoms with Crippen molar-refractivity contribution in [1.82, 2.24) is 0 Å². The van der Waals surface area contributed by atoms with E-state index in [1.165, 1.54) is 0 Å². The highest BCUT2D eigenvalue weighted by atomic mass is 16.6. The summed E-state index contributed by atoms with van der Waals surface area (Å²) in [4.78, 5) is 11.7. The van der Waals surface area contributed by atoms with Gasteiger partial charge in [-0.3, -0.25) is 0 Å². The van der Waals surface area contributed by atoms with Crippen molar-refractivity contribution in [3.8, 4) is 5.75 Å². The van der Waals surface area contributed by atoms with Gasteiger partial charge in [0, 0.05) is 0 Å². The second kappa shape index (κ2) is 11.2. The molecule has 2 aromatic carbocycles. The molecule has 0 aromatic heterocycles. The molecule has 0 heterocycles. The Morgan fingerprint density at radius 1 is 0.667 bits per heavy atom. The van der Waals surface area contributed by atoms with E-state index in [4.69, 9.17) is 18.9 Å². The summed E-state index contributed by atoms with van der Waals surface area (Å²) >= 11 is 0. The lowest BCUT2D eigenvalue weighted by atomic mass is 10.2. The third-order valence-electron chi connectivity index (χ3n) is 3.08. The largest absolute Gasteiger partial charge is 0.491 e. The fourth-order valence-corrected chi connectivity index (χ4v) is 1.91. The first kappa shape index (κ1) is 18.0. The Bertz CT molecular complexity index is 571. The topological polar surface area (TPSA) is 54.0 Å². The number of hydrogen-bond donors (Lipinski definition) is 0. The highest BCUT2D eigenvalue weighted by Gasteiger charge is 2.04. The van der Waals surface area contributed by atoms with E-state index in [9.17, 15) is 4.79 Å². The maximum Gasteiger partial charge on any atom is 0.338 e. The zero-order valence-electron chi connectivity index (χ0n) is 13.6. The van der Waals surface area contributed by atoms with Gasteiger partial charge in [-0.05, 0) is 24.3 Å². The second-order valence-electron chi connectivity index (χ2n) is 4.89. The Balaban J connectivity index is 1.40. The van der Waals surface area contributed by atoms with Gasteiger partial charge >= 0.3 is 5.97 Å². The van der Waals surface area contributed by atoms with Crippen LogP contribution in [0.1, 0.15) is 10.4 Å². The zero-order chi connectivity index (χ0) is 16.9. The van der Waals surface area contributed by atoms with Crippen LogP contribution >= 0.6 is 0 Å². The van der Waals surface area contributed by atoms with Crippen molar-refractivity contribution in [1.29, 1.82) is 0 Å². The minimum atomic E-state index is -0.339. The van der Waals surface area contributed by atoms with Crippen molar-refractivity contribution in [2.75, 3.05) is 39.6 Å². The van der Waals surface area contributed by atoms with Crippen LogP contribution in [0.4, 0.5) is 0 Å². The molecule has 0 fully saturated rings. The molecule has 0 amide bonds. The molecular formula is C19H22O5. The highest BCUT2D eigenvalue weighted by Crippen LogP contribution is 2.07. The van der Waals surface area contributed by atoms with Crippen LogP contribution in [0.3, 0.4) is 0 Å².